The number of pyridine rings is 1. The number of rotatable bonds is 9. The van der Waals surface area contributed by atoms with Crippen LogP contribution in [0.15, 0.2) is 42.6 Å². The molecule has 1 saturated heterocycles. The molecule has 9 nitrogen and oxygen atoms in total. The summed E-state index contributed by atoms with van der Waals surface area (Å²) in [6.07, 6.45) is 2.33. The molecule has 11 heteroatoms. The van der Waals surface area contributed by atoms with Gasteiger partial charge in [0.05, 0.1) is 19.1 Å². The number of carbonyl (C=O) groups excluding carboxylic acids is 2. The topological polar surface area (TPSA) is 138 Å². The lowest BCUT2D eigenvalue weighted by molar-refractivity contribution is -0.149. The molecule has 1 aromatic carbocycles. The lowest BCUT2D eigenvalue weighted by Crippen LogP contribution is -2.62. The number of benzene rings is 1. The number of carboxylic acid groups (broad SMARTS) is 1. The van der Waals surface area contributed by atoms with Crippen molar-refractivity contribution in [1.29, 1.82) is 0 Å². The quantitative estimate of drug-likeness (QED) is 0.361. The highest BCUT2D eigenvalue weighted by molar-refractivity contribution is 7.19. The molecule has 3 aromatic rings. The number of nitrogen functional groups attached to an aromatic ring is 1. The number of carbonyl (C=O) groups is 3. The van der Waals surface area contributed by atoms with Crippen molar-refractivity contribution in [3.8, 4) is 0 Å². The predicted octanol–water partition coefficient (Wildman–Crippen LogP) is 1.52. The highest BCUT2D eigenvalue weighted by Crippen LogP contribution is 2.28. The summed E-state index contributed by atoms with van der Waals surface area (Å²) in [6, 6.07) is 7.93. The summed E-state index contributed by atoms with van der Waals surface area (Å²) >= 11 is 1.51. The van der Waals surface area contributed by atoms with E-state index in [-0.39, 0.29) is 18.2 Å². The van der Waals surface area contributed by atoms with Crippen molar-refractivity contribution in [2.45, 2.75) is 31.5 Å². The van der Waals surface area contributed by atoms with Crippen LogP contribution in [0.2, 0.25) is 0 Å². The van der Waals surface area contributed by atoms with Crippen LogP contribution in [0.5, 0.6) is 0 Å². The van der Waals surface area contributed by atoms with Crippen LogP contribution in [0.25, 0.3) is 10.1 Å². The van der Waals surface area contributed by atoms with E-state index in [1.54, 1.807) is 18.3 Å². The number of anilines is 1. The van der Waals surface area contributed by atoms with Gasteiger partial charge in [0.1, 0.15) is 17.7 Å². The maximum absolute atomic E-state index is 13.2. The molecule has 1 aliphatic heterocycles. The van der Waals surface area contributed by atoms with Gasteiger partial charge in [-0.05, 0) is 42.7 Å². The standard InChI is InChI=1S/C23H24FN5O4S/c24-14-3-1-13(2-4-14)9-17(27-12-20(30)31)23(33)29-8-6-18(29)22(32)28-11-15-10-16-19(34-15)5-7-26-21(16)25/h1-5,7,10,17-18,27H,6,8-9,11-12H2,(H2,25,26)(H,28,32)(H,30,31)/t17-,18+/m1/s1. The van der Waals surface area contributed by atoms with Gasteiger partial charge in [0, 0.05) is 27.7 Å². The number of nitrogens with zero attached hydrogens (tertiary/aromatic N) is 2. The number of aliphatic carboxylic acids is 1. The summed E-state index contributed by atoms with van der Waals surface area (Å²) in [6.45, 7) is 0.287. The van der Waals surface area contributed by atoms with Crippen molar-refractivity contribution in [1.82, 2.24) is 20.5 Å². The minimum atomic E-state index is -1.10. The molecule has 2 amide bonds. The molecule has 0 bridgehead atoms. The lowest BCUT2D eigenvalue weighted by atomic mass is 9.97. The highest BCUT2D eigenvalue weighted by atomic mass is 32.1. The Morgan fingerprint density at radius 2 is 2.03 bits per heavy atom. The number of fused-ring (bicyclic) bond motifs is 1. The van der Waals surface area contributed by atoms with Gasteiger partial charge in [-0.15, -0.1) is 11.3 Å². The molecule has 0 aliphatic carbocycles. The molecule has 4 rings (SSSR count). The van der Waals surface area contributed by atoms with Crippen molar-refractivity contribution >= 4 is 45.0 Å². The number of nitrogens with two attached hydrogens (primary N) is 1. The number of amides is 2. The average Bonchev–Trinajstić information content (AvgIpc) is 3.20. The third-order valence-electron chi connectivity index (χ3n) is 5.72. The van der Waals surface area contributed by atoms with Crippen molar-refractivity contribution in [3.05, 3.63) is 58.9 Å². The van der Waals surface area contributed by atoms with Gasteiger partial charge < -0.3 is 21.1 Å². The first-order valence-electron chi connectivity index (χ1n) is 10.7. The molecule has 1 fully saturated rings. The minimum Gasteiger partial charge on any atom is -0.480 e. The zero-order chi connectivity index (χ0) is 24.2. The number of hydrogen-bond acceptors (Lipinski definition) is 7. The molecular weight excluding hydrogens is 461 g/mol. The first-order chi connectivity index (χ1) is 16.3. The molecule has 2 atom stereocenters. The second-order valence-corrected chi connectivity index (χ2v) is 9.20. The molecule has 2 aromatic heterocycles. The normalized spacial score (nSPS) is 16.1. The second-order valence-electron chi connectivity index (χ2n) is 8.03. The van der Waals surface area contributed by atoms with Crippen LogP contribution < -0.4 is 16.4 Å². The third kappa shape index (κ3) is 5.32. The summed E-state index contributed by atoms with van der Waals surface area (Å²) in [5, 5.41) is 15.5. The Bertz CT molecular complexity index is 1220. The fraction of sp³-hybridized carbons (Fsp3) is 0.304. The van der Waals surface area contributed by atoms with Crippen LogP contribution in [0.1, 0.15) is 16.9 Å². The fourth-order valence-corrected chi connectivity index (χ4v) is 4.86. The van der Waals surface area contributed by atoms with E-state index < -0.39 is 30.4 Å². The molecule has 0 saturated carbocycles. The second kappa shape index (κ2) is 10.1. The van der Waals surface area contributed by atoms with E-state index in [1.807, 2.05) is 12.1 Å². The van der Waals surface area contributed by atoms with Crippen LogP contribution in [-0.4, -0.2) is 57.9 Å². The van der Waals surface area contributed by atoms with Crippen LogP contribution in [-0.2, 0) is 27.3 Å². The van der Waals surface area contributed by atoms with E-state index in [9.17, 15) is 18.8 Å². The highest BCUT2D eigenvalue weighted by Gasteiger charge is 2.40. The average molecular weight is 486 g/mol. The van der Waals surface area contributed by atoms with Gasteiger partial charge in [-0.3, -0.25) is 19.7 Å². The van der Waals surface area contributed by atoms with E-state index in [0.29, 0.717) is 30.9 Å². The van der Waals surface area contributed by atoms with Crippen LogP contribution in [0.4, 0.5) is 10.2 Å². The first-order valence-corrected chi connectivity index (χ1v) is 11.5. The summed E-state index contributed by atoms with van der Waals surface area (Å²) in [7, 11) is 0. The Kier molecular flexibility index (Phi) is 7.03. The third-order valence-corrected chi connectivity index (χ3v) is 6.82. The number of nitrogens with one attached hydrogen (secondary N) is 2. The van der Waals surface area contributed by atoms with Gasteiger partial charge >= 0.3 is 5.97 Å². The Morgan fingerprint density at radius 3 is 2.68 bits per heavy atom. The van der Waals surface area contributed by atoms with E-state index in [2.05, 4.69) is 15.6 Å². The van der Waals surface area contributed by atoms with Crippen LogP contribution in [0, 0.1) is 5.82 Å². The van der Waals surface area contributed by atoms with E-state index in [4.69, 9.17) is 10.8 Å². The first kappa shape index (κ1) is 23.6. The zero-order valence-electron chi connectivity index (χ0n) is 18.2. The summed E-state index contributed by atoms with van der Waals surface area (Å²) < 4.78 is 14.2. The summed E-state index contributed by atoms with van der Waals surface area (Å²) in [5.41, 5.74) is 6.57. The Hall–Kier alpha value is -3.57. The summed E-state index contributed by atoms with van der Waals surface area (Å²) in [4.78, 5) is 43.4. The van der Waals surface area contributed by atoms with Crippen LogP contribution >= 0.6 is 11.3 Å². The molecular formula is C23H24FN5O4S. The maximum Gasteiger partial charge on any atom is 0.317 e. The number of halogens is 1. The molecule has 0 radical (unpaired) electrons. The lowest BCUT2D eigenvalue weighted by Gasteiger charge is -2.41. The van der Waals surface area contributed by atoms with E-state index in [1.165, 1.54) is 28.4 Å². The van der Waals surface area contributed by atoms with Crippen molar-refractivity contribution in [2.75, 3.05) is 18.8 Å². The van der Waals surface area contributed by atoms with Crippen LogP contribution in [0.3, 0.4) is 0 Å². The fourth-order valence-electron chi connectivity index (χ4n) is 3.85. The largest absolute Gasteiger partial charge is 0.480 e. The number of aromatic nitrogens is 1. The van der Waals surface area contributed by atoms with E-state index >= 15 is 0 Å². The van der Waals surface area contributed by atoms with Gasteiger partial charge in [0.2, 0.25) is 11.8 Å². The molecule has 5 N–H and O–H groups in total. The Balaban J connectivity index is 1.39. The smallest absolute Gasteiger partial charge is 0.317 e. The molecule has 0 unspecified atom stereocenters. The van der Waals surface area contributed by atoms with Crippen molar-refractivity contribution < 1.29 is 23.9 Å². The van der Waals surface area contributed by atoms with Crippen molar-refractivity contribution in [2.24, 2.45) is 0 Å². The summed E-state index contributed by atoms with van der Waals surface area (Å²) in [5.74, 6) is -1.71. The van der Waals surface area contributed by atoms with Crippen molar-refractivity contribution in [3.63, 3.8) is 0 Å². The molecule has 178 valence electrons. The predicted molar refractivity (Wildman–Crippen MR) is 126 cm³/mol. The Labute approximate surface area is 198 Å². The Morgan fingerprint density at radius 1 is 1.26 bits per heavy atom. The van der Waals surface area contributed by atoms with Gasteiger partial charge in [-0.1, -0.05) is 12.1 Å². The maximum atomic E-state index is 13.2. The number of thiophene rings is 1. The molecule has 34 heavy (non-hydrogen) atoms. The molecule has 0 spiro atoms. The van der Waals surface area contributed by atoms with Gasteiger partial charge in [0.25, 0.3) is 0 Å². The number of carboxylic acids is 1. The van der Waals surface area contributed by atoms with Gasteiger partial charge in [-0.25, -0.2) is 9.37 Å². The monoisotopic (exact) mass is 485 g/mol. The molecule has 1 aliphatic rings. The minimum absolute atomic E-state index is 0.175. The SMILES string of the molecule is Nc1nccc2sc(CNC(=O)[C@@H]3CCN3C(=O)[C@@H](Cc3ccc(F)cc3)NCC(=O)O)cc12. The number of hydrogen-bond donors (Lipinski definition) is 4. The van der Waals surface area contributed by atoms with Gasteiger partial charge in [-0.2, -0.15) is 0 Å². The number of likely N-dealkylation sites (tertiary alicyclic amines) is 1. The van der Waals surface area contributed by atoms with E-state index in [0.717, 1.165) is 15.0 Å². The molecule has 3 heterocycles. The zero-order valence-corrected chi connectivity index (χ0v) is 19.0. The van der Waals surface area contributed by atoms with Gasteiger partial charge in [0.15, 0.2) is 0 Å².